The zero-order chi connectivity index (χ0) is 14.7. The average molecular weight is 346 g/mol. The van der Waals surface area contributed by atoms with Crippen LogP contribution in [0.5, 0.6) is 0 Å². The molecule has 0 radical (unpaired) electrons. The van der Waals surface area contributed by atoms with Crippen molar-refractivity contribution in [2.24, 2.45) is 11.7 Å². The fourth-order valence-corrected chi connectivity index (χ4v) is 3.01. The average Bonchev–Trinajstić information content (AvgIpc) is 2.43. The molecule has 0 aromatic heterocycles. The Morgan fingerprint density at radius 2 is 2.15 bits per heavy atom. The predicted molar refractivity (Wildman–Crippen MR) is 79.2 cm³/mol. The lowest BCUT2D eigenvalue weighted by molar-refractivity contribution is -0.384. The van der Waals surface area contributed by atoms with Gasteiger partial charge in [-0.1, -0.05) is 12.8 Å². The third-order valence-electron chi connectivity index (χ3n) is 3.79. The zero-order valence-electron chi connectivity index (χ0n) is 10.9. The zero-order valence-corrected chi connectivity index (χ0v) is 12.5. The summed E-state index contributed by atoms with van der Waals surface area (Å²) in [6, 6.07) is 2.43. The number of nitro benzene ring substituents is 1. The first kappa shape index (κ1) is 15.2. The van der Waals surface area contributed by atoms with E-state index in [1.54, 1.807) is 0 Å². The Labute approximate surface area is 125 Å². The van der Waals surface area contributed by atoms with Gasteiger partial charge >= 0.3 is 0 Å². The molecule has 0 amide bonds. The number of halogens is 2. The van der Waals surface area contributed by atoms with Crippen LogP contribution in [0.25, 0.3) is 0 Å². The SMILES string of the molecule is NCC1CCCCC1Nc1cc(F)c(Br)cc1[N+](=O)[O-]. The standard InChI is InChI=1S/C13H17BrFN3O2/c14-9-5-13(18(19)20)12(6-10(9)15)17-11-4-2-1-3-8(11)7-16/h5-6,8,11,17H,1-4,7,16H2. The third-order valence-corrected chi connectivity index (χ3v) is 4.40. The van der Waals surface area contributed by atoms with E-state index in [2.05, 4.69) is 21.2 Å². The van der Waals surface area contributed by atoms with E-state index in [4.69, 9.17) is 5.73 Å². The molecule has 0 aliphatic heterocycles. The molecule has 1 saturated carbocycles. The van der Waals surface area contributed by atoms with E-state index < -0.39 is 10.7 Å². The molecule has 1 aromatic rings. The van der Waals surface area contributed by atoms with Crippen molar-refractivity contribution in [1.82, 2.24) is 0 Å². The van der Waals surface area contributed by atoms with E-state index in [9.17, 15) is 14.5 Å². The van der Waals surface area contributed by atoms with Gasteiger partial charge in [0.1, 0.15) is 11.5 Å². The molecular formula is C13H17BrFN3O2. The fraction of sp³-hybridized carbons (Fsp3) is 0.538. The van der Waals surface area contributed by atoms with Crippen LogP contribution in [0.4, 0.5) is 15.8 Å². The number of benzene rings is 1. The van der Waals surface area contributed by atoms with Gasteiger partial charge in [0.2, 0.25) is 0 Å². The maximum atomic E-state index is 13.6. The first-order valence-electron chi connectivity index (χ1n) is 6.63. The van der Waals surface area contributed by atoms with E-state index in [0.29, 0.717) is 6.54 Å². The number of anilines is 1. The van der Waals surface area contributed by atoms with Gasteiger partial charge in [0.05, 0.1) is 9.40 Å². The van der Waals surface area contributed by atoms with Gasteiger partial charge in [-0.3, -0.25) is 10.1 Å². The molecule has 0 spiro atoms. The quantitative estimate of drug-likeness (QED) is 0.647. The van der Waals surface area contributed by atoms with Gasteiger partial charge < -0.3 is 11.1 Å². The first-order chi connectivity index (χ1) is 9.52. The van der Waals surface area contributed by atoms with Gasteiger partial charge in [0.15, 0.2) is 0 Å². The van der Waals surface area contributed by atoms with E-state index >= 15 is 0 Å². The Balaban J connectivity index is 2.27. The molecule has 2 unspecified atom stereocenters. The van der Waals surface area contributed by atoms with Gasteiger partial charge in [-0.2, -0.15) is 0 Å². The summed E-state index contributed by atoms with van der Waals surface area (Å²) in [5.74, 6) is -0.242. The van der Waals surface area contributed by atoms with Gasteiger partial charge in [0, 0.05) is 18.2 Å². The van der Waals surface area contributed by atoms with Crippen molar-refractivity contribution in [2.45, 2.75) is 31.7 Å². The summed E-state index contributed by atoms with van der Waals surface area (Å²) in [5, 5.41) is 14.2. The minimum Gasteiger partial charge on any atom is -0.376 e. The molecule has 2 rings (SSSR count). The number of hydrogen-bond donors (Lipinski definition) is 2. The van der Waals surface area contributed by atoms with E-state index in [1.807, 2.05) is 0 Å². The smallest absolute Gasteiger partial charge is 0.293 e. The lowest BCUT2D eigenvalue weighted by Gasteiger charge is -2.32. The second-order valence-electron chi connectivity index (χ2n) is 5.07. The first-order valence-corrected chi connectivity index (χ1v) is 7.42. The Bertz CT molecular complexity index is 513. The third kappa shape index (κ3) is 3.27. The lowest BCUT2D eigenvalue weighted by Crippen LogP contribution is -2.36. The van der Waals surface area contributed by atoms with Crippen LogP contribution in [-0.4, -0.2) is 17.5 Å². The van der Waals surface area contributed by atoms with Crippen molar-refractivity contribution in [3.05, 3.63) is 32.5 Å². The van der Waals surface area contributed by atoms with Crippen molar-refractivity contribution < 1.29 is 9.31 Å². The monoisotopic (exact) mass is 345 g/mol. The highest BCUT2D eigenvalue weighted by Crippen LogP contribution is 2.34. The van der Waals surface area contributed by atoms with Crippen LogP contribution in [0.2, 0.25) is 0 Å². The van der Waals surface area contributed by atoms with Crippen LogP contribution in [0.1, 0.15) is 25.7 Å². The summed E-state index contributed by atoms with van der Waals surface area (Å²) in [6.07, 6.45) is 4.08. The van der Waals surface area contributed by atoms with Crippen LogP contribution in [0.3, 0.4) is 0 Å². The highest BCUT2D eigenvalue weighted by atomic mass is 79.9. The van der Waals surface area contributed by atoms with Crippen molar-refractivity contribution >= 4 is 27.3 Å². The topological polar surface area (TPSA) is 81.2 Å². The van der Waals surface area contributed by atoms with Crippen molar-refractivity contribution in [3.63, 3.8) is 0 Å². The summed E-state index contributed by atoms with van der Waals surface area (Å²) < 4.78 is 13.7. The Morgan fingerprint density at radius 3 is 2.80 bits per heavy atom. The minimum atomic E-state index is -0.516. The molecule has 2 atom stereocenters. The molecule has 3 N–H and O–H groups in total. The molecule has 1 aliphatic carbocycles. The van der Waals surface area contributed by atoms with E-state index in [1.165, 1.54) is 12.1 Å². The number of nitrogens with two attached hydrogens (primary N) is 1. The van der Waals surface area contributed by atoms with Crippen LogP contribution >= 0.6 is 15.9 Å². The number of nitrogens with one attached hydrogen (secondary N) is 1. The molecule has 0 bridgehead atoms. The molecule has 1 fully saturated rings. The summed E-state index contributed by atoms with van der Waals surface area (Å²) in [4.78, 5) is 10.6. The lowest BCUT2D eigenvalue weighted by atomic mass is 9.84. The van der Waals surface area contributed by atoms with Crippen LogP contribution in [0, 0.1) is 21.8 Å². The van der Waals surface area contributed by atoms with Gasteiger partial charge in [-0.05, 0) is 41.2 Å². The molecule has 20 heavy (non-hydrogen) atoms. The molecule has 1 aliphatic rings. The summed E-state index contributed by atoms with van der Waals surface area (Å²) in [5.41, 5.74) is 5.84. The van der Waals surface area contributed by atoms with Gasteiger partial charge in [-0.15, -0.1) is 0 Å². The molecule has 0 heterocycles. The number of hydrogen-bond acceptors (Lipinski definition) is 4. The Kier molecular flexibility index (Phi) is 4.93. The summed E-state index contributed by atoms with van der Waals surface area (Å²) in [6.45, 7) is 0.532. The molecular weight excluding hydrogens is 329 g/mol. The highest BCUT2D eigenvalue weighted by molar-refractivity contribution is 9.10. The Hall–Kier alpha value is -1.21. The number of rotatable bonds is 4. The van der Waals surface area contributed by atoms with E-state index in [0.717, 1.165) is 25.7 Å². The molecule has 7 heteroatoms. The largest absolute Gasteiger partial charge is 0.376 e. The summed E-state index contributed by atoms with van der Waals surface area (Å²) in [7, 11) is 0. The molecule has 0 saturated heterocycles. The van der Waals surface area contributed by atoms with Crippen LogP contribution < -0.4 is 11.1 Å². The maximum Gasteiger partial charge on any atom is 0.293 e. The van der Waals surface area contributed by atoms with Gasteiger partial charge in [0.25, 0.3) is 5.69 Å². The Morgan fingerprint density at radius 1 is 1.45 bits per heavy atom. The van der Waals surface area contributed by atoms with E-state index in [-0.39, 0.29) is 27.8 Å². The van der Waals surface area contributed by atoms with Crippen LogP contribution in [0.15, 0.2) is 16.6 Å². The second-order valence-corrected chi connectivity index (χ2v) is 5.93. The van der Waals surface area contributed by atoms with Crippen molar-refractivity contribution in [2.75, 3.05) is 11.9 Å². The van der Waals surface area contributed by atoms with Gasteiger partial charge in [-0.25, -0.2) is 4.39 Å². The summed E-state index contributed by atoms with van der Waals surface area (Å²) >= 11 is 2.97. The number of nitrogens with zero attached hydrogens (tertiary/aromatic N) is 1. The number of nitro groups is 1. The molecule has 5 nitrogen and oxygen atoms in total. The van der Waals surface area contributed by atoms with Crippen molar-refractivity contribution in [3.8, 4) is 0 Å². The maximum absolute atomic E-state index is 13.6. The molecule has 110 valence electrons. The predicted octanol–water partition coefficient (Wildman–Crippen LogP) is 3.43. The minimum absolute atomic E-state index is 0.0630. The fourth-order valence-electron chi connectivity index (χ4n) is 2.68. The normalized spacial score (nSPS) is 22.6. The van der Waals surface area contributed by atoms with Crippen LogP contribution in [-0.2, 0) is 0 Å². The second kappa shape index (κ2) is 6.49. The van der Waals surface area contributed by atoms with Crippen molar-refractivity contribution in [1.29, 1.82) is 0 Å². The molecule has 1 aromatic carbocycles. The highest BCUT2D eigenvalue weighted by Gasteiger charge is 2.27.